The quantitative estimate of drug-likeness (QED) is 0.527. The molecule has 0 spiro atoms. The topological polar surface area (TPSA) is 103 Å². The highest BCUT2D eigenvalue weighted by Crippen LogP contribution is 2.38. The lowest BCUT2D eigenvalue weighted by atomic mass is 10.1. The minimum absolute atomic E-state index is 0.335. The maximum atomic E-state index is 11.8. The number of aromatic nitrogens is 2. The standard InChI is InChI=1S/C23H20N4O3/c1-13-18(15-8-5-9-16(20(24)28)19(15)30-13)22-26-21(17-10-11-29-23(17)27-22)25-12-14-6-3-2-4-7-14/h2-9H,10-12H2,1H3,(H2,24,28)(H,25,26,27). The molecule has 1 aliphatic heterocycles. The van der Waals surface area contributed by atoms with Gasteiger partial charge in [0.05, 0.1) is 23.3 Å². The van der Waals surface area contributed by atoms with E-state index in [2.05, 4.69) is 22.4 Å². The van der Waals surface area contributed by atoms with E-state index in [9.17, 15) is 4.79 Å². The second-order valence-corrected chi connectivity index (χ2v) is 7.20. The van der Waals surface area contributed by atoms with Crippen LogP contribution < -0.4 is 15.8 Å². The number of aryl methyl sites for hydroxylation is 1. The molecule has 0 atom stereocenters. The van der Waals surface area contributed by atoms with E-state index in [-0.39, 0.29) is 0 Å². The van der Waals surface area contributed by atoms with Gasteiger partial charge in [-0.05, 0) is 18.6 Å². The van der Waals surface area contributed by atoms with Crippen LogP contribution in [0.3, 0.4) is 0 Å². The van der Waals surface area contributed by atoms with Crippen LogP contribution in [0.2, 0.25) is 0 Å². The smallest absolute Gasteiger partial charge is 0.252 e. The molecule has 30 heavy (non-hydrogen) atoms. The zero-order valence-electron chi connectivity index (χ0n) is 16.4. The number of nitrogens with one attached hydrogen (secondary N) is 1. The number of hydrogen-bond donors (Lipinski definition) is 2. The summed E-state index contributed by atoms with van der Waals surface area (Å²) in [6.45, 7) is 3.04. The first-order valence-corrected chi connectivity index (χ1v) is 9.75. The van der Waals surface area contributed by atoms with Crippen molar-refractivity contribution >= 4 is 22.7 Å². The SMILES string of the molecule is Cc1oc2c(C(N)=O)cccc2c1-c1nc(NCc2ccccc2)c2c(n1)OCC2. The van der Waals surface area contributed by atoms with Gasteiger partial charge in [-0.3, -0.25) is 4.79 Å². The number of furan rings is 1. The van der Waals surface area contributed by atoms with Crippen molar-refractivity contribution in [1.29, 1.82) is 0 Å². The number of hydrogen-bond acceptors (Lipinski definition) is 6. The highest BCUT2D eigenvalue weighted by Gasteiger charge is 2.25. The van der Waals surface area contributed by atoms with Gasteiger partial charge in [0, 0.05) is 18.4 Å². The van der Waals surface area contributed by atoms with Gasteiger partial charge in [0.2, 0.25) is 5.88 Å². The van der Waals surface area contributed by atoms with Gasteiger partial charge in [-0.25, -0.2) is 4.98 Å². The van der Waals surface area contributed by atoms with Crippen LogP contribution in [0.25, 0.3) is 22.4 Å². The van der Waals surface area contributed by atoms with Crippen molar-refractivity contribution < 1.29 is 13.9 Å². The molecule has 4 aromatic rings. The van der Waals surface area contributed by atoms with E-state index in [4.69, 9.17) is 19.9 Å². The number of anilines is 1. The molecule has 0 saturated carbocycles. The number of rotatable bonds is 5. The Kier molecular flexibility index (Phi) is 4.35. The van der Waals surface area contributed by atoms with Gasteiger partial charge >= 0.3 is 0 Å². The Bertz CT molecular complexity index is 1260. The van der Waals surface area contributed by atoms with Crippen molar-refractivity contribution in [2.75, 3.05) is 11.9 Å². The minimum atomic E-state index is -0.538. The lowest BCUT2D eigenvalue weighted by molar-refractivity contribution is 0.100. The van der Waals surface area contributed by atoms with Gasteiger partial charge in [0.25, 0.3) is 5.91 Å². The predicted octanol–water partition coefficient (Wildman–Crippen LogP) is 3.84. The lowest BCUT2D eigenvalue weighted by Gasteiger charge is -2.11. The van der Waals surface area contributed by atoms with Crippen molar-refractivity contribution in [3.8, 4) is 17.3 Å². The number of ether oxygens (including phenoxy) is 1. The molecule has 1 aliphatic rings. The van der Waals surface area contributed by atoms with E-state index >= 15 is 0 Å². The number of carbonyl (C=O) groups is 1. The second kappa shape index (κ2) is 7.18. The first kappa shape index (κ1) is 18.2. The molecule has 0 saturated heterocycles. The van der Waals surface area contributed by atoms with E-state index in [1.165, 1.54) is 0 Å². The molecular weight excluding hydrogens is 380 g/mol. The normalized spacial score (nSPS) is 12.6. The van der Waals surface area contributed by atoms with Gasteiger partial charge in [0.1, 0.15) is 17.2 Å². The Morgan fingerprint density at radius 1 is 1.13 bits per heavy atom. The summed E-state index contributed by atoms with van der Waals surface area (Å²) in [6.07, 6.45) is 0.754. The molecular formula is C23H20N4O3. The molecule has 1 amide bonds. The van der Waals surface area contributed by atoms with Gasteiger partial charge in [-0.2, -0.15) is 4.98 Å². The monoisotopic (exact) mass is 400 g/mol. The first-order chi connectivity index (χ1) is 14.6. The molecule has 7 heteroatoms. The predicted molar refractivity (Wildman–Crippen MR) is 113 cm³/mol. The Labute approximate surface area is 172 Å². The van der Waals surface area contributed by atoms with Crippen LogP contribution in [0.4, 0.5) is 5.82 Å². The first-order valence-electron chi connectivity index (χ1n) is 9.75. The van der Waals surface area contributed by atoms with Crippen molar-refractivity contribution in [1.82, 2.24) is 9.97 Å². The molecule has 7 nitrogen and oxygen atoms in total. The third-order valence-electron chi connectivity index (χ3n) is 5.24. The fourth-order valence-electron chi connectivity index (χ4n) is 3.81. The fourth-order valence-corrected chi connectivity index (χ4v) is 3.81. The number of benzene rings is 2. The number of fused-ring (bicyclic) bond motifs is 2. The molecule has 0 radical (unpaired) electrons. The van der Waals surface area contributed by atoms with E-state index in [1.807, 2.05) is 31.2 Å². The van der Waals surface area contributed by atoms with Crippen LogP contribution in [0.1, 0.15) is 27.2 Å². The van der Waals surface area contributed by atoms with E-state index in [0.717, 1.165) is 34.3 Å². The number of nitrogens with zero attached hydrogens (tertiary/aromatic N) is 2. The van der Waals surface area contributed by atoms with Crippen molar-refractivity contribution in [3.63, 3.8) is 0 Å². The summed E-state index contributed by atoms with van der Waals surface area (Å²) in [6, 6.07) is 15.4. The van der Waals surface area contributed by atoms with Gasteiger partial charge in [-0.1, -0.05) is 42.5 Å². The largest absolute Gasteiger partial charge is 0.477 e. The summed E-state index contributed by atoms with van der Waals surface area (Å²) in [5, 5.41) is 4.17. The number of amides is 1. The van der Waals surface area contributed by atoms with Crippen molar-refractivity contribution in [2.24, 2.45) is 5.73 Å². The van der Waals surface area contributed by atoms with Gasteiger partial charge in [-0.15, -0.1) is 0 Å². The van der Waals surface area contributed by atoms with E-state index in [1.54, 1.807) is 12.1 Å². The molecule has 0 unspecified atom stereocenters. The van der Waals surface area contributed by atoms with Crippen LogP contribution in [-0.2, 0) is 13.0 Å². The van der Waals surface area contributed by atoms with Crippen molar-refractivity contribution in [3.05, 3.63) is 71.0 Å². The zero-order valence-corrected chi connectivity index (χ0v) is 16.4. The molecule has 0 bridgehead atoms. The summed E-state index contributed by atoms with van der Waals surface area (Å²) in [7, 11) is 0. The summed E-state index contributed by atoms with van der Waals surface area (Å²) in [5.74, 6) is 1.89. The second-order valence-electron chi connectivity index (χ2n) is 7.20. The van der Waals surface area contributed by atoms with Crippen LogP contribution in [0, 0.1) is 6.92 Å². The fraction of sp³-hybridized carbons (Fsp3) is 0.174. The Morgan fingerprint density at radius 2 is 1.97 bits per heavy atom. The average molecular weight is 400 g/mol. The number of primary amides is 1. The maximum absolute atomic E-state index is 11.8. The minimum Gasteiger partial charge on any atom is -0.477 e. The molecule has 3 heterocycles. The molecule has 2 aromatic heterocycles. The summed E-state index contributed by atoms with van der Waals surface area (Å²) in [4.78, 5) is 21.3. The van der Waals surface area contributed by atoms with Gasteiger partial charge in [0.15, 0.2) is 5.82 Å². The number of nitrogens with two attached hydrogens (primary N) is 1. The molecule has 150 valence electrons. The lowest BCUT2D eigenvalue weighted by Crippen LogP contribution is -2.10. The zero-order chi connectivity index (χ0) is 20.7. The summed E-state index contributed by atoms with van der Waals surface area (Å²) < 4.78 is 11.6. The van der Waals surface area contributed by atoms with Crippen molar-refractivity contribution in [2.45, 2.75) is 19.9 Å². The molecule has 3 N–H and O–H groups in total. The third-order valence-corrected chi connectivity index (χ3v) is 5.24. The third kappa shape index (κ3) is 3.04. The highest BCUT2D eigenvalue weighted by atomic mass is 16.5. The Morgan fingerprint density at radius 3 is 2.77 bits per heavy atom. The Balaban J connectivity index is 1.61. The van der Waals surface area contributed by atoms with Crippen LogP contribution in [-0.4, -0.2) is 22.5 Å². The van der Waals surface area contributed by atoms with E-state index < -0.39 is 5.91 Å². The van der Waals surface area contributed by atoms with Crippen LogP contribution in [0.5, 0.6) is 5.88 Å². The van der Waals surface area contributed by atoms with E-state index in [0.29, 0.717) is 41.8 Å². The summed E-state index contributed by atoms with van der Waals surface area (Å²) >= 11 is 0. The molecule has 5 rings (SSSR count). The van der Waals surface area contributed by atoms with Gasteiger partial charge < -0.3 is 20.2 Å². The average Bonchev–Trinajstić information content (AvgIpc) is 3.35. The summed E-state index contributed by atoms with van der Waals surface area (Å²) in [5.41, 5.74) is 9.15. The van der Waals surface area contributed by atoms with Crippen LogP contribution in [0.15, 0.2) is 52.9 Å². The van der Waals surface area contributed by atoms with Crippen LogP contribution >= 0.6 is 0 Å². The number of carbonyl (C=O) groups excluding carboxylic acids is 1. The number of para-hydroxylation sites is 1. The maximum Gasteiger partial charge on any atom is 0.252 e. The Hall–Kier alpha value is -3.87. The molecule has 2 aromatic carbocycles. The molecule has 0 aliphatic carbocycles. The molecule has 0 fully saturated rings. The highest BCUT2D eigenvalue weighted by molar-refractivity contribution is 6.07.